The summed E-state index contributed by atoms with van der Waals surface area (Å²) in [4.78, 5) is 22.5. The predicted octanol–water partition coefficient (Wildman–Crippen LogP) is 3.94. The Morgan fingerprint density at radius 1 is 1.35 bits per heavy atom. The zero-order chi connectivity index (χ0) is 15.1. The number of hydrogen-bond acceptors (Lipinski definition) is 4. The van der Waals surface area contributed by atoms with Crippen LogP contribution in [0.25, 0.3) is 11.0 Å². The second kappa shape index (κ2) is 7.33. The molecule has 1 amide bonds. The Morgan fingerprint density at radius 2 is 2.05 bits per heavy atom. The molecule has 0 fully saturated rings. The van der Waals surface area contributed by atoms with E-state index in [-0.39, 0.29) is 1.43 Å². The van der Waals surface area contributed by atoms with E-state index in [0.29, 0.717) is 17.9 Å². The quantitative estimate of drug-likeness (QED) is 0.845. The first-order chi connectivity index (χ1) is 9.60. The zero-order valence-corrected chi connectivity index (χ0v) is 12.1. The van der Waals surface area contributed by atoms with Gasteiger partial charge in [0.05, 0.1) is 6.61 Å². The van der Waals surface area contributed by atoms with Gasteiger partial charge in [0.25, 0.3) is 0 Å². The molecule has 110 valence electrons. The number of nitrogens with one attached hydrogen (secondary N) is 1. The first-order valence-corrected chi connectivity index (χ1v) is 6.58. The summed E-state index contributed by atoms with van der Waals surface area (Å²) in [6.45, 7) is 7.85. The van der Waals surface area contributed by atoms with E-state index in [2.05, 4.69) is 5.32 Å². The first-order valence-electron chi connectivity index (χ1n) is 6.58. The number of carbonyl (C=O) groups excluding carboxylic acids is 1. The van der Waals surface area contributed by atoms with Gasteiger partial charge in [-0.2, -0.15) is 0 Å². The van der Waals surface area contributed by atoms with E-state index in [9.17, 15) is 9.59 Å². The lowest BCUT2D eigenvalue weighted by Crippen LogP contribution is -2.13. The van der Waals surface area contributed by atoms with Crippen LogP contribution in [0.15, 0.2) is 33.5 Å². The molecule has 1 N–H and O–H groups in total. The topological polar surface area (TPSA) is 68.5 Å². The van der Waals surface area contributed by atoms with E-state index >= 15 is 0 Å². The van der Waals surface area contributed by atoms with Crippen LogP contribution in [0, 0.1) is 6.92 Å². The fraction of sp³-hybridized carbons (Fsp3) is 0.333. The minimum Gasteiger partial charge on any atom is -0.450 e. The molecule has 1 heterocycles. The molecule has 2 aromatic rings. The fourth-order valence-electron chi connectivity index (χ4n) is 1.69. The van der Waals surface area contributed by atoms with E-state index in [1.807, 2.05) is 20.8 Å². The molecule has 5 nitrogen and oxygen atoms in total. The van der Waals surface area contributed by atoms with Crippen LogP contribution in [0.3, 0.4) is 0 Å². The Hall–Kier alpha value is -2.30. The van der Waals surface area contributed by atoms with Crippen LogP contribution in [-0.2, 0) is 4.74 Å². The Balaban J connectivity index is 0.00000128. The second-order valence-corrected chi connectivity index (χ2v) is 3.80. The van der Waals surface area contributed by atoms with Crippen molar-refractivity contribution in [3.8, 4) is 0 Å². The van der Waals surface area contributed by atoms with Crippen molar-refractivity contribution in [1.82, 2.24) is 0 Å². The summed E-state index contributed by atoms with van der Waals surface area (Å²) in [6, 6.07) is 6.54. The molecule has 0 atom stereocenters. The number of hydrogen-bond donors (Lipinski definition) is 1. The molecule has 1 aromatic heterocycles. The number of aryl methyl sites for hydroxylation is 1. The Morgan fingerprint density at radius 3 is 2.70 bits per heavy atom. The molecular weight excluding hydrogens is 258 g/mol. The lowest BCUT2D eigenvalue weighted by atomic mass is 10.1. The molecule has 1 aromatic carbocycles. The van der Waals surface area contributed by atoms with Crippen LogP contribution >= 0.6 is 0 Å². The standard InChI is InChI=1S/C13H13NO4.C2H6.H2/c1-3-17-13(16)14-9-4-5-10-8(2)6-12(15)18-11(10)7-9;1-2;/h4-7H,3H2,1-2H3,(H,14,16);1-2H3;1H. The van der Waals surface area contributed by atoms with Gasteiger partial charge >= 0.3 is 11.7 Å². The third kappa shape index (κ3) is 3.85. The van der Waals surface area contributed by atoms with Crippen molar-refractivity contribution in [3.05, 3.63) is 40.2 Å². The second-order valence-electron chi connectivity index (χ2n) is 3.80. The van der Waals surface area contributed by atoms with Crippen LogP contribution in [0.1, 0.15) is 27.8 Å². The van der Waals surface area contributed by atoms with Crippen molar-refractivity contribution >= 4 is 22.7 Å². The van der Waals surface area contributed by atoms with Crippen LogP contribution < -0.4 is 10.9 Å². The van der Waals surface area contributed by atoms with Gasteiger partial charge in [-0.15, -0.1) is 0 Å². The fourth-order valence-corrected chi connectivity index (χ4v) is 1.69. The molecule has 0 bridgehead atoms. The molecule has 0 spiro atoms. The van der Waals surface area contributed by atoms with E-state index in [1.54, 1.807) is 25.1 Å². The minimum atomic E-state index is -0.535. The van der Waals surface area contributed by atoms with Crippen LogP contribution in [0.2, 0.25) is 0 Å². The van der Waals surface area contributed by atoms with Gasteiger partial charge in [-0.25, -0.2) is 9.59 Å². The van der Waals surface area contributed by atoms with Gasteiger partial charge in [0.1, 0.15) is 5.58 Å². The maximum Gasteiger partial charge on any atom is 0.411 e. The molecule has 0 aliphatic carbocycles. The average molecular weight is 279 g/mol. The Labute approximate surface area is 119 Å². The van der Waals surface area contributed by atoms with Crippen LogP contribution in [0.5, 0.6) is 0 Å². The Kier molecular flexibility index (Phi) is 5.77. The predicted molar refractivity (Wildman–Crippen MR) is 81.3 cm³/mol. The summed E-state index contributed by atoms with van der Waals surface area (Å²) >= 11 is 0. The highest BCUT2D eigenvalue weighted by Crippen LogP contribution is 2.20. The average Bonchev–Trinajstić information content (AvgIpc) is 2.40. The molecule has 0 saturated heterocycles. The number of ether oxygens (including phenoxy) is 1. The van der Waals surface area contributed by atoms with E-state index in [1.165, 1.54) is 6.07 Å². The summed E-state index contributed by atoms with van der Waals surface area (Å²) in [6.07, 6.45) is -0.535. The zero-order valence-electron chi connectivity index (χ0n) is 12.1. The summed E-state index contributed by atoms with van der Waals surface area (Å²) < 4.78 is 9.84. The lowest BCUT2D eigenvalue weighted by Gasteiger charge is -2.06. The smallest absolute Gasteiger partial charge is 0.411 e. The van der Waals surface area contributed by atoms with Gasteiger partial charge < -0.3 is 9.15 Å². The maximum absolute atomic E-state index is 11.3. The molecule has 0 radical (unpaired) electrons. The van der Waals surface area contributed by atoms with Crippen molar-refractivity contribution in [1.29, 1.82) is 0 Å². The molecule has 0 unspecified atom stereocenters. The summed E-state index contributed by atoms with van der Waals surface area (Å²) in [5.41, 5.74) is 1.39. The van der Waals surface area contributed by atoms with Gasteiger partial charge in [0.2, 0.25) is 0 Å². The Bertz CT molecular complexity index is 652. The minimum absolute atomic E-state index is 0. The van der Waals surface area contributed by atoms with E-state index < -0.39 is 11.7 Å². The first kappa shape index (κ1) is 15.8. The molecule has 5 heteroatoms. The van der Waals surface area contributed by atoms with Gasteiger partial charge in [0.15, 0.2) is 0 Å². The normalized spacial score (nSPS) is 9.60. The number of fused-ring (bicyclic) bond motifs is 1. The highest BCUT2D eigenvalue weighted by molar-refractivity contribution is 5.89. The molecule has 0 aliphatic rings. The maximum atomic E-state index is 11.3. The van der Waals surface area contributed by atoms with Crippen molar-refractivity contribution < 1.29 is 15.4 Å². The number of anilines is 1. The summed E-state index contributed by atoms with van der Waals surface area (Å²) in [7, 11) is 0. The highest BCUT2D eigenvalue weighted by Gasteiger charge is 2.06. The van der Waals surface area contributed by atoms with Crippen molar-refractivity contribution in [2.24, 2.45) is 0 Å². The van der Waals surface area contributed by atoms with Gasteiger partial charge in [0, 0.05) is 24.6 Å². The molecular formula is C15H21NO4. The molecule has 20 heavy (non-hydrogen) atoms. The number of amides is 1. The van der Waals surface area contributed by atoms with Gasteiger partial charge in [-0.05, 0) is 31.5 Å². The molecule has 2 rings (SSSR count). The van der Waals surface area contributed by atoms with E-state index in [0.717, 1.165) is 10.9 Å². The molecule has 0 aliphatic heterocycles. The largest absolute Gasteiger partial charge is 0.450 e. The number of carbonyl (C=O) groups is 1. The van der Waals surface area contributed by atoms with Gasteiger partial charge in [-0.3, -0.25) is 5.32 Å². The van der Waals surface area contributed by atoms with Crippen LogP contribution in [-0.4, -0.2) is 12.7 Å². The third-order valence-corrected chi connectivity index (χ3v) is 2.47. The van der Waals surface area contributed by atoms with E-state index in [4.69, 9.17) is 9.15 Å². The summed E-state index contributed by atoms with van der Waals surface area (Å²) in [5, 5.41) is 3.39. The lowest BCUT2D eigenvalue weighted by molar-refractivity contribution is 0.168. The monoisotopic (exact) mass is 279 g/mol. The number of benzene rings is 1. The van der Waals surface area contributed by atoms with Crippen molar-refractivity contribution in [2.45, 2.75) is 27.7 Å². The summed E-state index contributed by atoms with van der Waals surface area (Å²) in [5.74, 6) is 0. The van der Waals surface area contributed by atoms with Crippen molar-refractivity contribution in [2.75, 3.05) is 11.9 Å². The number of rotatable bonds is 2. The SMILES string of the molecule is CC.CCOC(=O)Nc1ccc2c(C)cc(=O)oc2c1.[HH]. The third-order valence-electron chi connectivity index (χ3n) is 2.47. The van der Waals surface area contributed by atoms with Gasteiger partial charge in [-0.1, -0.05) is 13.8 Å². The highest BCUT2D eigenvalue weighted by atomic mass is 16.5. The molecule has 0 saturated carbocycles. The van der Waals surface area contributed by atoms with Crippen LogP contribution in [0.4, 0.5) is 10.5 Å². The van der Waals surface area contributed by atoms with Crippen molar-refractivity contribution in [3.63, 3.8) is 0 Å².